The fraction of sp³-hybridized carbons (Fsp3) is 0.150. The average Bonchev–Trinajstić information content (AvgIpc) is 3.02. The van der Waals surface area contributed by atoms with Gasteiger partial charge in [0.1, 0.15) is 17.5 Å². The first-order chi connectivity index (χ1) is 13.3. The zero-order chi connectivity index (χ0) is 20.3. The highest BCUT2D eigenvalue weighted by molar-refractivity contribution is 9.10. The molecule has 0 aliphatic carbocycles. The topological polar surface area (TPSA) is 102 Å². The standard InChI is InChI=1S/C20H17BrN2O5/c1-11-17(18(28-23-11)14-3-5-15(6-4-14)19(24)25)22-20(26)27-12(2)13-7-9-16(21)10-8-13/h3-10,12H,1-2H3,(H,22,26)(H,24,25). The van der Waals surface area contributed by atoms with Gasteiger partial charge in [-0.3, -0.25) is 5.32 Å². The van der Waals surface area contributed by atoms with E-state index in [-0.39, 0.29) is 5.56 Å². The highest BCUT2D eigenvalue weighted by Gasteiger charge is 2.20. The zero-order valence-corrected chi connectivity index (χ0v) is 16.7. The molecule has 2 N–H and O–H groups in total. The van der Waals surface area contributed by atoms with E-state index < -0.39 is 18.2 Å². The number of carboxylic acid groups (broad SMARTS) is 1. The van der Waals surface area contributed by atoms with Crippen LogP contribution in [0.15, 0.2) is 57.5 Å². The molecule has 0 spiro atoms. The van der Waals surface area contributed by atoms with Gasteiger partial charge in [0.15, 0.2) is 5.76 Å². The van der Waals surface area contributed by atoms with Gasteiger partial charge in [0, 0.05) is 10.0 Å². The number of aromatic nitrogens is 1. The van der Waals surface area contributed by atoms with E-state index in [9.17, 15) is 9.59 Å². The Balaban J connectivity index is 1.75. The summed E-state index contributed by atoms with van der Waals surface area (Å²) >= 11 is 3.37. The average molecular weight is 445 g/mol. The second-order valence-corrected chi connectivity index (χ2v) is 6.99. The lowest BCUT2D eigenvalue weighted by Gasteiger charge is -2.14. The molecule has 1 aromatic heterocycles. The molecular weight excluding hydrogens is 428 g/mol. The molecule has 1 atom stereocenters. The number of nitrogens with zero attached hydrogens (tertiary/aromatic N) is 1. The molecule has 1 amide bonds. The third kappa shape index (κ3) is 4.40. The molecule has 3 rings (SSSR count). The maximum absolute atomic E-state index is 12.4. The van der Waals surface area contributed by atoms with Crippen LogP contribution in [0.2, 0.25) is 0 Å². The van der Waals surface area contributed by atoms with E-state index >= 15 is 0 Å². The predicted molar refractivity (Wildman–Crippen MR) is 106 cm³/mol. The number of carbonyl (C=O) groups excluding carboxylic acids is 1. The van der Waals surface area contributed by atoms with Crippen molar-refractivity contribution in [2.45, 2.75) is 20.0 Å². The number of anilines is 1. The van der Waals surface area contributed by atoms with Crippen molar-refractivity contribution in [1.29, 1.82) is 0 Å². The number of hydrogen-bond acceptors (Lipinski definition) is 5. The molecule has 0 saturated carbocycles. The largest absolute Gasteiger partial charge is 0.478 e. The number of aryl methyl sites for hydroxylation is 1. The number of rotatable bonds is 5. The van der Waals surface area contributed by atoms with E-state index in [1.807, 2.05) is 24.3 Å². The van der Waals surface area contributed by atoms with Crippen LogP contribution in [-0.2, 0) is 4.74 Å². The summed E-state index contributed by atoms with van der Waals surface area (Å²) in [7, 11) is 0. The fourth-order valence-corrected chi connectivity index (χ4v) is 2.84. The Morgan fingerprint density at radius 2 is 1.79 bits per heavy atom. The van der Waals surface area contributed by atoms with Crippen LogP contribution in [-0.4, -0.2) is 22.3 Å². The number of aromatic carboxylic acids is 1. The van der Waals surface area contributed by atoms with Crippen LogP contribution in [0.1, 0.15) is 34.6 Å². The maximum Gasteiger partial charge on any atom is 0.412 e. The van der Waals surface area contributed by atoms with E-state index in [1.54, 1.807) is 26.0 Å². The Morgan fingerprint density at radius 3 is 2.39 bits per heavy atom. The van der Waals surface area contributed by atoms with E-state index in [0.717, 1.165) is 10.0 Å². The first kappa shape index (κ1) is 19.6. The van der Waals surface area contributed by atoms with Gasteiger partial charge >= 0.3 is 12.1 Å². The first-order valence-electron chi connectivity index (χ1n) is 8.38. The molecule has 0 aliphatic rings. The summed E-state index contributed by atoms with van der Waals surface area (Å²) < 4.78 is 11.7. The predicted octanol–water partition coefficient (Wildman–Crippen LogP) is 5.42. The molecule has 2 aromatic carbocycles. The van der Waals surface area contributed by atoms with Gasteiger partial charge in [-0.2, -0.15) is 0 Å². The summed E-state index contributed by atoms with van der Waals surface area (Å²) in [5.74, 6) is -0.702. The smallest absolute Gasteiger partial charge is 0.412 e. The molecule has 28 heavy (non-hydrogen) atoms. The van der Waals surface area contributed by atoms with E-state index in [0.29, 0.717) is 22.7 Å². The van der Waals surface area contributed by atoms with Crippen molar-refractivity contribution in [1.82, 2.24) is 5.16 Å². The fourth-order valence-electron chi connectivity index (χ4n) is 2.57. The molecule has 3 aromatic rings. The Bertz CT molecular complexity index is 996. The molecule has 0 aliphatic heterocycles. The van der Waals surface area contributed by atoms with Crippen molar-refractivity contribution in [3.63, 3.8) is 0 Å². The van der Waals surface area contributed by atoms with Gasteiger partial charge in [-0.1, -0.05) is 45.4 Å². The number of ether oxygens (including phenoxy) is 1. The van der Waals surface area contributed by atoms with Crippen molar-refractivity contribution >= 4 is 33.7 Å². The molecule has 8 heteroatoms. The van der Waals surface area contributed by atoms with Crippen molar-refractivity contribution in [3.8, 4) is 11.3 Å². The minimum atomic E-state index is -1.02. The Kier molecular flexibility index (Phi) is 5.79. The lowest BCUT2D eigenvalue weighted by Crippen LogP contribution is -2.16. The van der Waals surface area contributed by atoms with Gasteiger partial charge in [-0.15, -0.1) is 0 Å². The normalized spacial score (nSPS) is 11.7. The molecule has 1 heterocycles. The summed E-state index contributed by atoms with van der Waals surface area (Å²) in [5, 5.41) is 15.6. The summed E-state index contributed by atoms with van der Waals surface area (Å²) in [6.07, 6.45) is -1.10. The third-order valence-corrected chi connectivity index (χ3v) is 4.64. The van der Waals surface area contributed by atoms with E-state index in [4.69, 9.17) is 14.4 Å². The van der Waals surface area contributed by atoms with E-state index in [1.165, 1.54) is 12.1 Å². The number of hydrogen-bond donors (Lipinski definition) is 2. The van der Waals surface area contributed by atoms with Crippen molar-refractivity contribution in [3.05, 3.63) is 69.8 Å². The van der Waals surface area contributed by atoms with Crippen LogP contribution in [0.5, 0.6) is 0 Å². The molecule has 7 nitrogen and oxygen atoms in total. The van der Waals surface area contributed by atoms with Crippen LogP contribution in [0.4, 0.5) is 10.5 Å². The van der Waals surface area contributed by atoms with Gasteiger partial charge in [-0.25, -0.2) is 9.59 Å². The summed E-state index contributed by atoms with van der Waals surface area (Å²) in [4.78, 5) is 23.3. The number of amides is 1. The molecule has 0 saturated heterocycles. The number of nitrogens with one attached hydrogen (secondary N) is 1. The number of carboxylic acids is 1. The third-order valence-electron chi connectivity index (χ3n) is 4.11. The van der Waals surface area contributed by atoms with Gasteiger partial charge in [0.25, 0.3) is 0 Å². The summed E-state index contributed by atoms with van der Waals surface area (Å²) in [6, 6.07) is 13.5. The van der Waals surface area contributed by atoms with Gasteiger partial charge in [-0.05, 0) is 43.7 Å². The molecular formula is C20H17BrN2O5. The van der Waals surface area contributed by atoms with Crippen LogP contribution in [0, 0.1) is 6.92 Å². The molecule has 1 unspecified atom stereocenters. The Hall–Kier alpha value is -3.13. The monoisotopic (exact) mass is 444 g/mol. The molecule has 144 valence electrons. The van der Waals surface area contributed by atoms with Crippen LogP contribution in [0.3, 0.4) is 0 Å². The maximum atomic E-state index is 12.4. The van der Waals surface area contributed by atoms with Crippen LogP contribution in [0.25, 0.3) is 11.3 Å². The Morgan fingerprint density at radius 1 is 1.14 bits per heavy atom. The second-order valence-electron chi connectivity index (χ2n) is 6.08. The highest BCUT2D eigenvalue weighted by atomic mass is 79.9. The lowest BCUT2D eigenvalue weighted by molar-refractivity contribution is 0.0696. The van der Waals surface area contributed by atoms with Crippen LogP contribution >= 0.6 is 15.9 Å². The van der Waals surface area contributed by atoms with Crippen LogP contribution < -0.4 is 5.32 Å². The molecule has 0 fully saturated rings. The SMILES string of the molecule is Cc1noc(-c2ccc(C(=O)O)cc2)c1NC(=O)OC(C)c1ccc(Br)cc1. The van der Waals surface area contributed by atoms with Gasteiger partial charge in [0.2, 0.25) is 0 Å². The summed E-state index contributed by atoms with van der Waals surface area (Å²) in [6.45, 7) is 3.46. The first-order valence-corrected chi connectivity index (χ1v) is 9.17. The second kappa shape index (κ2) is 8.26. The number of halogens is 1. The zero-order valence-electron chi connectivity index (χ0n) is 15.1. The van der Waals surface area contributed by atoms with Crippen molar-refractivity contribution < 1.29 is 24.0 Å². The van der Waals surface area contributed by atoms with Crippen molar-refractivity contribution in [2.24, 2.45) is 0 Å². The van der Waals surface area contributed by atoms with E-state index in [2.05, 4.69) is 26.4 Å². The molecule has 0 radical (unpaired) electrons. The number of benzene rings is 2. The lowest BCUT2D eigenvalue weighted by atomic mass is 10.1. The van der Waals surface area contributed by atoms with Crippen molar-refractivity contribution in [2.75, 3.05) is 5.32 Å². The quantitative estimate of drug-likeness (QED) is 0.544. The Labute approximate surface area is 169 Å². The minimum Gasteiger partial charge on any atom is -0.478 e. The minimum absolute atomic E-state index is 0.150. The number of carbonyl (C=O) groups is 2. The highest BCUT2D eigenvalue weighted by Crippen LogP contribution is 2.31. The molecule has 0 bridgehead atoms. The van der Waals surface area contributed by atoms with Gasteiger partial charge in [0.05, 0.1) is 5.56 Å². The van der Waals surface area contributed by atoms with Gasteiger partial charge < -0.3 is 14.4 Å². The summed E-state index contributed by atoms with van der Waals surface area (Å²) in [5.41, 5.74) is 2.44.